The fourth-order valence-electron chi connectivity index (χ4n) is 1.45. The molecule has 2 saturated heterocycles. The summed E-state index contributed by atoms with van der Waals surface area (Å²) in [5.74, 6) is 1.34. The van der Waals surface area contributed by atoms with E-state index in [1.807, 2.05) is 0 Å². The van der Waals surface area contributed by atoms with Crippen molar-refractivity contribution in [1.82, 2.24) is 10.6 Å². The first-order valence-corrected chi connectivity index (χ1v) is 5.07. The maximum Gasteiger partial charge on any atom is 0.0338 e. The first-order valence-electron chi connectivity index (χ1n) is 4.02. The summed E-state index contributed by atoms with van der Waals surface area (Å²) < 4.78 is 0. The number of hydrogen-bond donors (Lipinski definition) is 2. The molecule has 2 aliphatic rings. The van der Waals surface area contributed by atoms with E-state index in [0.717, 1.165) is 11.3 Å². The number of fused-ring (bicyclic) bond motifs is 1. The van der Waals surface area contributed by atoms with Gasteiger partial charge in [-0.25, -0.2) is 0 Å². The van der Waals surface area contributed by atoms with E-state index in [-0.39, 0.29) is 0 Å². The van der Waals surface area contributed by atoms with Gasteiger partial charge in [0.1, 0.15) is 0 Å². The maximum atomic E-state index is 3.44. The molecule has 0 aromatic carbocycles. The average molecular weight is 158 g/mol. The number of thioether (sulfide) groups is 1. The Balaban J connectivity index is 1.83. The van der Waals surface area contributed by atoms with Crippen molar-refractivity contribution in [2.45, 2.75) is 17.7 Å². The summed E-state index contributed by atoms with van der Waals surface area (Å²) in [6.45, 7) is 3.62. The lowest BCUT2D eigenvalue weighted by atomic mass is 10.1. The Kier molecular flexibility index (Phi) is 2.16. The van der Waals surface area contributed by atoms with Gasteiger partial charge < -0.3 is 10.6 Å². The summed E-state index contributed by atoms with van der Waals surface area (Å²) in [7, 11) is 0. The average Bonchev–Trinajstić information content (AvgIpc) is 1.89. The van der Waals surface area contributed by atoms with Crippen molar-refractivity contribution in [3.05, 3.63) is 0 Å². The van der Waals surface area contributed by atoms with Crippen molar-refractivity contribution < 1.29 is 0 Å². The fraction of sp³-hybridized carbons (Fsp3) is 1.00. The van der Waals surface area contributed by atoms with Crippen molar-refractivity contribution in [3.63, 3.8) is 0 Å². The summed E-state index contributed by atoms with van der Waals surface area (Å²) in [6.07, 6.45) is 1.34. The number of hydrogen-bond acceptors (Lipinski definition) is 3. The molecule has 0 bridgehead atoms. The van der Waals surface area contributed by atoms with Crippen LogP contribution >= 0.6 is 11.8 Å². The minimum atomic E-state index is 0.769. The predicted octanol–water partition coefficient (Wildman–Crippen LogP) is 0.0533. The normalized spacial score (nSPS) is 40.8. The summed E-state index contributed by atoms with van der Waals surface area (Å²) in [6, 6.07) is 0.769. The SMILES string of the molecule is C1CNCC2NCC2SC1. The summed E-state index contributed by atoms with van der Waals surface area (Å²) in [5.41, 5.74) is 0. The van der Waals surface area contributed by atoms with Crippen LogP contribution in [0.3, 0.4) is 0 Å². The lowest BCUT2D eigenvalue weighted by molar-refractivity contribution is 0.363. The van der Waals surface area contributed by atoms with Crippen LogP contribution < -0.4 is 10.6 Å². The van der Waals surface area contributed by atoms with Crippen molar-refractivity contribution in [2.75, 3.05) is 25.4 Å². The van der Waals surface area contributed by atoms with Crippen LogP contribution in [0.1, 0.15) is 6.42 Å². The van der Waals surface area contributed by atoms with Gasteiger partial charge in [0.15, 0.2) is 0 Å². The van der Waals surface area contributed by atoms with Gasteiger partial charge in [0.25, 0.3) is 0 Å². The van der Waals surface area contributed by atoms with Gasteiger partial charge in [-0.1, -0.05) is 0 Å². The molecule has 0 amide bonds. The lowest BCUT2D eigenvalue weighted by Crippen LogP contribution is -2.60. The highest BCUT2D eigenvalue weighted by Gasteiger charge is 2.30. The Morgan fingerprint density at radius 2 is 2.30 bits per heavy atom. The zero-order chi connectivity index (χ0) is 6.81. The van der Waals surface area contributed by atoms with Crippen LogP contribution in [-0.2, 0) is 0 Å². The molecular weight excluding hydrogens is 144 g/mol. The second-order valence-corrected chi connectivity index (χ2v) is 4.33. The molecule has 0 aliphatic carbocycles. The highest BCUT2D eigenvalue weighted by Crippen LogP contribution is 2.22. The molecule has 2 nitrogen and oxygen atoms in total. The third-order valence-corrected chi connectivity index (χ3v) is 3.67. The van der Waals surface area contributed by atoms with Gasteiger partial charge >= 0.3 is 0 Å². The fourth-order valence-corrected chi connectivity index (χ4v) is 2.70. The molecule has 0 radical (unpaired) electrons. The summed E-state index contributed by atoms with van der Waals surface area (Å²) >= 11 is 2.14. The van der Waals surface area contributed by atoms with E-state index in [1.54, 1.807) is 0 Å². The van der Waals surface area contributed by atoms with E-state index in [9.17, 15) is 0 Å². The summed E-state index contributed by atoms with van der Waals surface area (Å²) in [4.78, 5) is 0. The second kappa shape index (κ2) is 3.11. The van der Waals surface area contributed by atoms with E-state index in [2.05, 4.69) is 22.4 Å². The van der Waals surface area contributed by atoms with Crippen LogP contribution in [0.4, 0.5) is 0 Å². The number of nitrogens with one attached hydrogen (secondary N) is 2. The molecule has 2 rings (SSSR count). The first kappa shape index (κ1) is 6.95. The zero-order valence-corrected chi connectivity index (χ0v) is 6.91. The van der Waals surface area contributed by atoms with Gasteiger partial charge in [-0.2, -0.15) is 11.8 Å². The molecule has 2 N–H and O–H groups in total. The minimum Gasteiger partial charge on any atom is -0.315 e. The standard InChI is InChI=1S/C7H14N2S/c1-2-8-4-6-7(5-9-6)10-3-1/h6-9H,1-5H2. The Morgan fingerprint density at radius 3 is 3.10 bits per heavy atom. The van der Waals surface area contributed by atoms with Crippen LogP contribution in [0.5, 0.6) is 0 Å². The molecule has 0 saturated carbocycles. The third kappa shape index (κ3) is 1.31. The van der Waals surface area contributed by atoms with E-state index < -0.39 is 0 Å². The monoisotopic (exact) mass is 158 g/mol. The van der Waals surface area contributed by atoms with Gasteiger partial charge in [0.05, 0.1) is 0 Å². The largest absolute Gasteiger partial charge is 0.315 e. The molecule has 0 aromatic heterocycles. The highest BCUT2D eigenvalue weighted by molar-refractivity contribution is 8.00. The second-order valence-electron chi connectivity index (χ2n) is 2.98. The minimum absolute atomic E-state index is 0.769. The predicted molar refractivity (Wildman–Crippen MR) is 45.5 cm³/mol. The Morgan fingerprint density at radius 1 is 1.30 bits per heavy atom. The molecule has 0 spiro atoms. The van der Waals surface area contributed by atoms with E-state index in [1.165, 1.54) is 31.8 Å². The van der Waals surface area contributed by atoms with Crippen LogP contribution in [0.2, 0.25) is 0 Å². The topological polar surface area (TPSA) is 24.1 Å². The smallest absolute Gasteiger partial charge is 0.0338 e. The van der Waals surface area contributed by atoms with Crippen molar-refractivity contribution in [3.8, 4) is 0 Å². The van der Waals surface area contributed by atoms with Crippen LogP contribution in [0.15, 0.2) is 0 Å². The Hall–Kier alpha value is 0.270. The molecule has 3 heteroatoms. The molecular formula is C7H14N2S. The van der Waals surface area contributed by atoms with Crippen molar-refractivity contribution in [2.24, 2.45) is 0 Å². The molecule has 2 unspecified atom stereocenters. The molecule has 0 aromatic rings. The van der Waals surface area contributed by atoms with Crippen molar-refractivity contribution in [1.29, 1.82) is 0 Å². The maximum absolute atomic E-state index is 3.44. The van der Waals surface area contributed by atoms with Crippen LogP contribution in [-0.4, -0.2) is 36.7 Å². The van der Waals surface area contributed by atoms with Gasteiger partial charge in [0.2, 0.25) is 0 Å². The summed E-state index contributed by atoms with van der Waals surface area (Å²) in [5, 5.41) is 7.78. The zero-order valence-electron chi connectivity index (χ0n) is 6.10. The van der Waals surface area contributed by atoms with E-state index >= 15 is 0 Å². The lowest BCUT2D eigenvalue weighted by Gasteiger charge is -2.39. The molecule has 10 heavy (non-hydrogen) atoms. The number of rotatable bonds is 0. The van der Waals surface area contributed by atoms with Crippen molar-refractivity contribution >= 4 is 11.8 Å². The Bertz CT molecular complexity index is 104. The molecule has 58 valence electrons. The first-order chi connectivity index (χ1) is 4.97. The van der Waals surface area contributed by atoms with Crippen LogP contribution in [0.25, 0.3) is 0 Å². The third-order valence-electron chi connectivity index (χ3n) is 2.22. The van der Waals surface area contributed by atoms with Crippen LogP contribution in [0, 0.1) is 0 Å². The molecule has 2 heterocycles. The molecule has 2 aliphatic heterocycles. The quantitative estimate of drug-likeness (QED) is 0.521. The Labute approximate surface area is 66.1 Å². The van der Waals surface area contributed by atoms with Gasteiger partial charge in [-0.15, -0.1) is 0 Å². The van der Waals surface area contributed by atoms with E-state index in [0.29, 0.717) is 0 Å². The van der Waals surface area contributed by atoms with Gasteiger partial charge in [-0.05, 0) is 18.7 Å². The molecule has 2 atom stereocenters. The van der Waals surface area contributed by atoms with E-state index in [4.69, 9.17) is 0 Å². The van der Waals surface area contributed by atoms with Gasteiger partial charge in [-0.3, -0.25) is 0 Å². The molecule has 2 fully saturated rings. The highest BCUT2D eigenvalue weighted by atomic mass is 32.2. The van der Waals surface area contributed by atoms with Gasteiger partial charge in [0, 0.05) is 24.4 Å².